The van der Waals surface area contributed by atoms with Crippen molar-refractivity contribution in [3.63, 3.8) is 0 Å². The van der Waals surface area contributed by atoms with Crippen molar-refractivity contribution in [2.75, 3.05) is 0 Å². The van der Waals surface area contributed by atoms with Crippen LogP contribution in [-0.4, -0.2) is 40.4 Å². The van der Waals surface area contributed by atoms with E-state index in [2.05, 4.69) is 0 Å². The first-order valence-electron chi connectivity index (χ1n) is 9.47. The lowest BCUT2D eigenvalue weighted by Crippen LogP contribution is -2.59. The molecule has 0 aliphatic carbocycles. The van der Waals surface area contributed by atoms with E-state index in [4.69, 9.17) is 0 Å². The standard InChI is InChI=1S/C18H34O7S/c1-5-9-13(10-6-2)18(17(21)22,14(11-7-3)12-8-4)15(16(19)20)26(23,24)25/h13-15H,5-12H2,1-4H3,(H,19,20)(H,21,22)(H,23,24,25). The van der Waals surface area contributed by atoms with Crippen LogP contribution in [-0.2, 0) is 19.7 Å². The molecule has 0 aliphatic heterocycles. The van der Waals surface area contributed by atoms with Gasteiger partial charge in [-0.3, -0.25) is 14.1 Å². The molecule has 8 heteroatoms. The second-order valence-corrected chi connectivity index (χ2v) is 8.52. The number of hydrogen-bond acceptors (Lipinski definition) is 4. The largest absolute Gasteiger partial charge is 0.481 e. The summed E-state index contributed by atoms with van der Waals surface area (Å²) in [7, 11) is -5.11. The Kier molecular flexibility index (Phi) is 10.4. The molecule has 0 bridgehead atoms. The minimum atomic E-state index is -5.11. The van der Waals surface area contributed by atoms with Gasteiger partial charge in [0.1, 0.15) is 5.41 Å². The number of carboxylic acids is 2. The normalized spacial score (nSPS) is 14.0. The highest BCUT2D eigenvalue weighted by Gasteiger charge is 2.62. The van der Waals surface area contributed by atoms with Gasteiger partial charge >= 0.3 is 11.9 Å². The van der Waals surface area contributed by atoms with Crippen LogP contribution in [0.3, 0.4) is 0 Å². The van der Waals surface area contributed by atoms with Gasteiger partial charge in [-0.05, 0) is 37.5 Å². The van der Waals surface area contributed by atoms with Gasteiger partial charge in [0.15, 0.2) is 5.25 Å². The number of aliphatic carboxylic acids is 2. The Labute approximate surface area is 156 Å². The van der Waals surface area contributed by atoms with Crippen molar-refractivity contribution in [1.29, 1.82) is 0 Å². The van der Waals surface area contributed by atoms with E-state index in [1.165, 1.54) is 0 Å². The summed E-state index contributed by atoms with van der Waals surface area (Å²) in [5, 5.41) is 17.5. The Hall–Kier alpha value is -1.15. The molecule has 0 aliphatic rings. The van der Waals surface area contributed by atoms with Crippen LogP contribution in [0.1, 0.15) is 79.1 Å². The minimum absolute atomic E-state index is 0.392. The van der Waals surface area contributed by atoms with Gasteiger partial charge in [0.05, 0.1) is 0 Å². The highest BCUT2D eigenvalue weighted by atomic mass is 32.2. The molecule has 0 amide bonds. The van der Waals surface area contributed by atoms with Crippen molar-refractivity contribution in [3.8, 4) is 0 Å². The smallest absolute Gasteiger partial charge is 0.325 e. The van der Waals surface area contributed by atoms with Crippen molar-refractivity contribution in [3.05, 3.63) is 0 Å². The SMILES string of the molecule is CCCC(CCC)C(C(=O)O)(C(CCC)CCC)C(C(=O)O)S(=O)(=O)O. The molecule has 0 aromatic rings. The summed E-state index contributed by atoms with van der Waals surface area (Å²) in [6, 6.07) is 0. The number of carboxylic acid groups (broad SMARTS) is 2. The zero-order chi connectivity index (χ0) is 20.5. The van der Waals surface area contributed by atoms with E-state index in [1.54, 1.807) is 0 Å². The Balaban J connectivity index is 6.92. The van der Waals surface area contributed by atoms with Gasteiger partial charge in [0, 0.05) is 0 Å². The van der Waals surface area contributed by atoms with Gasteiger partial charge in [-0.25, -0.2) is 0 Å². The van der Waals surface area contributed by atoms with Crippen LogP contribution in [0.4, 0.5) is 0 Å². The maximum atomic E-state index is 12.6. The van der Waals surface area contributed by atoms with E-state index < -0.39 is 44.6 Å². The molecule has 0 aromatic heterocycles. The lowest BCUT2D eigenvalue weighted by molar-refractivity contribution is -0.165. The van der Waals surface area contributed by atoms with E-state index in [-0.39, 0.29) is 0 Å². The van der Waals surface area contributed by atoms with Crippen LogP contribution in [0.15, 0.2) is 0 Å². The van der Waals surface area contributed by atoms with Gasteiger partial charge in [0.25, 0.3) is 10.1 Å². The summed E-state index contributed by atoms with van der Waals surface area (Å²) in [5.74, 6) is -4.55. The second-order valence-electron chi connectivity index (χ2n) is 7.02. The van der Waals surface area contributed by atoms with Crippen molar-refractivity contribution in [2.45, 2.75) is 84.3 Å². The quantitative estimate of drug-likeness (QED) is 0.382. The zero-order valence-electron chi connectivity index (χ0n) is 16.3. The fourth-order valence-corrected chi connectivity index (χ4v) is 5.67. The summed E-state index contributed by atoms with van der Waals surface area (Å²) in [4.78, 5) is 24.5. The Morgan fingerprint density at radius 2 is 1.12 bits per heavy atom. The van der Waals surface area contributed by atoms with Crippen LogP contribution < -0.4 is 0 Å². The average molecular weight is 395 g/mol. The molecule has 0 saturated carbocycles. The average Bonchev–Trinajstić information content (AvgIpc) is 2.50. The molecule has 3 N–H and O–H groups in total. The summed E-state index contributed by atoms with van der Waals surface area (Å²) in [5.41, 5.74) is -2.06. The third kappa shape index (κ3) is 5.42. The maximum absolute atomic E-state index is 12.6. The first-order chi connectivity index (χ1) is 12.0. The molecule has 0 rings (SSSR count). The zero-order valence-corrected chi connectivity index (χ0v) is 17.1. The van der Waals surface area contributed by atoms with Crippen molar-refractivity contribution in [2.24, 2.45) is 17.3 Å². The number of hydrogen-bond donors (Lipinski definition) is 3. The molecule has 26 heavy (non-hydrogen) atoms. The highest BCUT2D eigenvalue weighted by molar-refractivity contribution is 7.87. The minimum Gasteiger partial charge on any atom is -0.481 e. The molecule has 154 valence electrons. The van der Waals surface area contributed by atoms with Crippen LogP contribution >= 0.6 is 0 Å². The summed E-state index contributed by atoms with van der Waals surface area (Å²) in [6.07, 6.45) is 3.97. The summed E-state index contributed by atoms with van der Waals surface area (Å²) in [6.45, 7) is 7.42. The van der Waals surface area contributed by atoms with Crippen molar-refractivity contribution >= 4 is 22.1 Å². The topological polar surface area (TPSA) is 129 Å². The predicted molar refractivity (Wildman–Crippen MR) is 99.7 cm³/mol. The van der Waals surface area contributed by atoms with E-state index in [0.717, 1.165) is 0 Å². The molecule has 0 spiro atoms. The molecule has 7 nitrogen and oxygen atoms in total. The van der Waals surface area contributed by atoms with Crippen molar-refractivity contribution in [1.82, 2.24) is 0 Å². The Morgan fingerprint density at radius 3 is 1.27 bits per heavy atom. The molecule has 0 aromatic carbocycles. The first-order valence-corrected chi connectivity index (χ1v) is 11.0. The third-order valence-electron chi connectivity index (χ3n) is 5.23. The van der Waals surface area contributed by atoms with Gasteiger partial charge in [0.2, 0.25) is 0 Å². The fraction of sp³-hybridized carbons (Fsp3) is 0.889. The molecule has 0 radical (unpaired) electrons. The number of rotatable bonds is 14. The highest BCUT2D eigenvalue weighted by Crippen LogP contribution is 2.50. The molecule has 0 fully saturated rings. The molecule has 0 saturated heterocycles. The van der Waals surface area contributed by atoms with Gasteiger partial charge in [-0.1, -0.05) is 53.4 Å². The molecule has 1 atom stereocenters. The predicted octanol–water partition coefficient (Wildman–Crippen LogP) is 3.83. The third-order valence-corrected chi connectivity index (χ3v) is 6.41. The van der Waals surface area contributed by atoms with Gasteiger partial charge < -0.3 is 10.2 Å². The lowest BCUT2D eigenvalue weighted by atomic mass is 9.59. The first kappa shape index (κ1) is 24.8. The molecular formula is C18H34O7S. The van der Waals surface area contributed by atoms with Crippen molar-refractivity contribution < 1.29 is 32.8 Å². The summed E-state index contributed by atoms with van der Waals surface area (Å²) >= 11 is 0. The lowest BCUT2D eigenvalue weighted by Gasteiger charge is -2.45. The van der Waals surface area contributed by atoms with Gasteiger partial charge in [-0.2, -0.15) is 8.42 Å². The van der Waals surface area contributed by atoms with Crippen LogP contribution in [0.25, 0.3) is 0 Å². The second kappa shape index (κ2) is 10.9. The number of carbonyl (C=O) groups is 2. The van der Waals surface area contributed by atoms with Crippen LogP contribution in [0.2, 0.25) is 0 Å². The fourth-order valence-electron chi connectivity index (χ4n) is 4.44. The van der Waals surface area contributed by atoms with Crippen LogP contribution in [0, 0.1) is 17.3 Å². The monoisotopic (exact) mass is 394 g/mol. The Morgan fingerprint density at radius 1 is 0.808 bits per heavy atom. The van der Waals surface area contributed by atoms with Crippen LogP contribution in [0.5, 0.6) is 0 Å². The van der Waals surface area contributed by atoms with Gasteiger partial charge in [-0.15, -0.1) is 0 Å². The van der Waals surface area contributed by atoms with E-state index >= 15 is 0 Å². The summed E-state index contributed by atoms with van der Waals surface area (Å²) < 4.78 is 33.9. The molecule has 0 heterocycles. The Bertz CT molecular complexity index is 528. The maximum Gasteiger partial charge on any atom is 0.325 e. The molecular weight excluding hydrogens is 360 g/mol. The van der Waals surface area contributed by atoms with E-state index in [0.29, 0.717) is 51.4 Å². The molecule has 1 unspecified atom stereocenters. The van der Waals surface area contributed by atoms with E-state index in [1.807, 2.05) is 27.7 Å². The van der Waals surface area contributed by atoms with E-state index in [9.17, 15) is 32.8 Å².